The van der Waals surface area contributed by atoms with Gasteiger partial charge < -0.3 is 19.7 Å². The zero-order chi connectivity index (χ0) is 16.3. The molecule has 1 N–H and O–H groups in total. The molecule has 0 atom stereocenters. The first-order chi connectivity index (χ1) is 11.2. The Bertz CT molecular complexity index is 564. The minimum atomic E-state index is 0. The van der Waals surface area contributed by atoms with Crippen LogP contribution in [-0.2, 0) is 0 Å². The van der Waals surface area contributed by atoms with Crippen molar-refractivity contribution in [2.45, 2.75) is 6.42 Å². The minimum absolute atomic E-state index is 0. The third-order valence-corrected chi connectivity index (χ3v) is 3.29. The lowest BCUT2D eigenvalue weighted by Crippen LogP contribution is -2.27. The van der Waals surface area contributed by atoms with Crippen LogP contribution in [0.2, 0.25) is 0 Å². The van der Waals surface area contributed by atoms with Crippen molar-refractivity contribution in [3.05, 3.63) is 54.6 Å². The zero-order valence-electron chi connectivity index (χ0n) is 14.4. The second-order valence-corrected chi connectivity index (χ2v) is 5.65. The van der Waals surface area contributed by atoms with Gasteiger partial charge in [-0.3, -0.25) is 0 Å². The largest absolute Gasteiger partial charge is 0.493 e. The van der Waals surface area contributed by atoms with E-state index in [0.717, 1.165) is 43.3 Å². The molecule has 132 valence electrons. The average molecular weight is 351 g/mol. The number of nitrogens with one attached hydrogen (secondary N) is 1. The predicted octanol–water partition coefficient (Wildman–Crippen LogP) is 3.82. The molecule has 0 aliphatic carbocycles. The Kier molecular flexibility index (Phi) is 9.92. The van der Waals surface area contributed by atoms with Gasteiger partial charge in [-0.1, -0.05) is 24.3 Å². The molecule has 0 radical (unpaired) electrons. The molecule has 0 spiro atoms. The molecule has 0 amide bonds. The molecular formula is C19H27ClN2O2. The van der Waals surface area contributed by atoms with Crippen molar-refractivity contribution in [1.29, 1.82) is 0 Å². The lowest BCUT2D eigenvalue weighted by atomic mass is 10.3. The number of hydrogen-bond donors (Lipinski definition) is 1. The molecule has 5 heteroatoms. The van der Waals surface area contributed by atoms with Crippen LogP contribution >= 0.6 is 12.4 Å². The Morgan fingerprint density at radius 1 is 0.875 bits per heavy atom. The highest BCUT2D eigenvalue weighted by Gasteiger charge is 2.00. The van der Waals surface area contributed by atoms with Crippen LogP contribution in [0, 0.1) is 0 Å². The average Bonchev–Trinajstić information content (AvgIpc) is 2.55. The van der Waals surface area contributed by atoms with E-state index in [-0.39, 0.29) is 12.4 Å². The Morgan fingerprint density at radius 2 is 1.58 bits per heavy atom. The first kappa shape index (κ1) is 20.3. The highest BCUT2D eigenvalue weighted by atomic mass is 35.5. The number of para-hydroxylation sites is 1. The maximum Gasteiger partial charge on any atom is 0.131 e. The van der Waals surface area contributed by atoms with Gasteiger partial charge in [-0.25, -0.2) is 0 Å². The molecule has 2 aromatic carbocycles. The van der Waals surface area contributed by atoms with Crippen LogP contribution in [0.1, 0.15) is 6.42 Å². The van der Waals surface area contributed by atoms with Crippen molar-refractivity contribution in [3.8, 4) is 17.2 Å². The van der Waals surface area contributed by atoms with Gasteiger partial charge >= 0.3 is 0 Å². The fraction of sp³-hybridized carbons (Fsp3) is 0.368. The maximum absolute atomic E-state index is 5.80. The Morgan fingerprint density at radius 3 is 2.33 bits per heavy atom. The summed E-state index contributed by atoms with van der Waals surface area (Å²) in [6, 6.07) is 17.5. The van der Waals surface area contributed by atoms with E-state index in [2.05, 4.69) is 24.3 Å². The van der Waals surface area contributed by atoms with Gasteiger partial charge in [-0.15, -0.1) is 12.4 Å². The number of hydrogen-bond acceptors (Lipinski definition) is 4. The van der Waals surface area contributed by atoms with Gasteiger partial charge in [0, 0.05) is 19.2 Å². The number of ether oxygens (including phenoxy) is 2. The normalized spacial score (nSPS) is 10.3. The summed E-state index contributed by atoms with van der Waals surface area (Å²) < 4.78 is 11.6. The van der Waals surface area contributed by atoms with Crippen LogP contribution in [-0.4, -0.2) is 45.2 Å². The monoisotopic (exact) mass is 350 g/mol. The minimum Gasteiger partial charge on any atom is -0.493 e. The van der Waals surface area contributed by atoms with E-state index in [9.17, 15) is 0 Å². The third kappa shape index (κ3) is 8.20. The van der Waals surface area contributed by atoms with Gasteiger partial charge in [0.25, 0.3) is 0 Å². The van der Waals surface area contributed by atoms with E-state index in [1.54, 1.807) is 0 Å². The fourth-order valence-electron chi connectivity index (χ4n) is 2.07. The highest BCUT2D eigenvalue weighted by molar-refractivity contribution is 5.85. The van der Waals surface area contributed by atoms with Crippen molar-refractivity contribution in [1.82, 2.24) is 10.2 Å². The maximum atomic E-state index is 5.80. The van der Waals surface area contributed by atoms with Gasteiger partial charge in [0.15, 0.2) is 0 Å². The fourth-order valence-corrected chi connectivity index (χ4v) is 2.07. The van der Waals surface area contributed by atoms with Crippen molar-refractivity contribution >= 4 is 12.4 Å². The molecule has 0 aliphatic heterocycles. The molecule has 4 nitrogen and oxygen atoms in total. The van der Waals surface area contributed by atoms with E-state index in [1.165, 1.54) is 0 Å². The summed E-state index contributed by atoms with van der Waals surface area (Å²) in [4.78, 5) is 2.17. The van der Waals surface area contributed by atoms with Crippen LogP contribution in [0.5, 0.6) is 17.2 Å². The molecular weight excluding hydrogens is 324 g/mol. The molecule has 2 aromatic rings. The summed E-state index contributed by atoms with van der Waals surface area (Å²) in [6.45, 7) is 3.73. The quantitative estimate of drug-likeness (QED) is 0.660. The number of halogens is 1. The topological polar surface area (TPSA) is 33.7 Å². The summed E-state index contributed by atoms with van der Waals surface area (Å²) in [5.74, 6) is 2.46. The van der Waals surface area contributed by atoms with Crippen molar-refractivity contribution in [2.24, 2.45) is 0 Å². The van der Waals surface area contributed by atoms with Crippen LogP contribution in [0.3, 0.4) is 0 Å². The second kappa shape index (κ2) is 11.7. The van der Waals surface area contributed by atoms with E-state index >= 15 is 0 Å². The van der Waals surface area contributed by atoms with Crippen LogP contribution in [0.15, 0.2) is 54.6 Å². The summed E-state index contributed by atoms with van der Waals surface area (Å²) in [6.07, 6.45) is 0.983. The Balaban J connectivity index is 0.00000288. The first-order valence-corrected chi connectivity index (χ1v) is 8.05. The molecule has 0 heterocycles. The smallest absolute Gasteiger partial charge is 0.131 e. The third-order valence-electron chi connectivity index (χ3n) is 3.29. The first-order valence-electron chi connectivity index (χ1n) is 8.05. The summed E-state index contributed by atoms with van der Waals surface area (Å²) in [5.41, 5.74) is 0. The van der Waals surface area contributed by atoms with Crippen molar-refractivity contribution in [2.75, 3.05) is 40.3 Å². The molecule has 0 aromatic heterocycles. The van der Waals surface area contributed by atoms with Crippen molar-refractivity contribution in [3.63, 3.8) is 0 Å². The molecule has 0 bridgehead atoms. The van der Waals surface area contributed by atoms with E-state index in [4.69, 9.17) is 9.47 Å². The lowest BCUT2D eigenvalue weighted by Gasteiger charge is -2.11. The Hall–Kier alpha value is -1.75. The number of likely N-dealkylation sites (N-methyl/N-ethyl adjacent to an activating group) is 1. The van der Waals surface area contributed by atoms with Gasteiger partial charge in [-0.2, -0.15) is 0 Å². The number of benzene rings is 2. The molecule has 24 heavy (non-hydrogen) atoms. The standard InChI is InChI=1S/C19H26N2O2.ClH/c1-21(2)14-13-20-12-7-15-22-18-10-6-11-19(16-18)23-17-8-4-3-5-9-17;/h3-6,8-11,16,20H,7,12-15H2,1-2H3;1H. The molecule has 0 aliphatic rings. The number of nitrogens with zero attached hydrogens (tertiary/aromatic N) is 1. The summed E-state index contributed by atoms with van der Waals surface area (Å²) >= 11 is 0. The second-order valence-electron chi connectivity index (χ2n) is 5.65. The molecule has 0 saturated carbocycles. The van der Waals surface area contributed by atoms with Crippen LogP contribution in [0.4, 0.5) is 0 Å². The van der Waals surface area contributed by atoms with Gasteiger partial charge in [0.05, 0.1) is 6.61 Å². The summed E-state index contributed by atoms with van der Waals surface area (Å²) in [7, 11) is 4.16. The Labute approximate surface area is 151 Å². The lowest BCUT2D eigenvalue weighted by molar-refractivity contribution is 0.305. The molecule has 0 unspecified atom stereocenters. The van der Waals surface area contributed by atoms with Gasteiger partial charge in [0.2, 0.25) is 0 Å². The highest BCUT2D eigenvalue weighted by Crippen LogP contribution is 2.24. The SMILES string of the molecule is CN(C)CCNCCCOc1cccc(Oc2ccccc2)c1.Cl. The van der Waals surface area contributed by atoms with Crippen molar-refractivity contribution < 1.29 is 9.47 Å². The molecule has 2 rings (SSSR count). The van der Waals surface area contributed by atoms with Gasteiger partial charge in [-0.05, 0) is 51.3 Å². The van der Waals surface area contributed by atoms with E-state index in [0.29, 0.717) is 6.61 Å². The molecule has 0 fully saturated rings. The molecule has 0 saturated heterocycles. The van der Waals surface area contributed by atoms with E-state index < -0.39 is 0 Å². The van der Waals surface area contributed by atoms with Crippen LogP contribution in [0.25, 0.3) is 0 Å². The predicted molar refractivity (Wildman–Crippen MR) is 102 cm³/mol. The van der Waals surface area contributed by atoms with Gasteiger partial charge in [0.1, 0.15) is 17.2 Å². The van der Waals surface area contributed by atoms with E-state index in [1.807, 2.05) is 54.6 Å². The summed E-state index contributed by atoms with van der Waals surface area (Å²) in [5, 5.41) is 3.40. The number of rotatable bonds is 10. The zero-order valence-corrected chi connectivity index (χ0v) is 15.2. The van der Waals surface area contributed by atoms with Crippen LogP contribution < -0.4 is 14.8 Å².